The van der Waals surface area contributed by atoms with Gasteiger partial charge >= 0.3 is 0 Å². The molecule has 4 heteroatoms. The van der Waals surface area contributed by atoms with Crippen LogP contribution in [-0.2, 0) is 11.2 Å². The molecule has 0 heterocycles. The summed E-state index contributed by atoms with van der Waals surface area (Å²) in [5.41, 5.74) is 0.829. The molecule has 3 nitrogen and oxygen atoms in total. The van der Waals surface area contributed by atoms with Crippen molar-refractivity contribution in [1.82, 2.24) is 0 Å². The minimum Gasteiger partial charge on any atom is -0.503 e. The first kappa shape index (κ1) is 12.0. The van der Waals surface area contributed by atoms with Gasteiger partial charge < -0.3 is 9.84 Å². The van der Waals surface area contributed by atoms with Crippen LogP contribution in [0.25, 0.3) is 0 Å². The molecule has 1 N–H and O–H groups in total. The Balaban J connectivity index is 3.05. The number of aromatic hydroxyl groups is 1. The van der Waals surface area contributed by atoms with E-state index in [2.05, 4.69) is 15.9 Å². The van der Waals surface area contributed by atoms with Crippen LogP contribution in [0.4, 0.5) is 0 Å². The molecule has 0 saturated heterocycles. The van der Waals surface area contributed by atoms with Crippen LogP contribution in [0.1, 0.15) is 19.4 Å². The van der Waals surface area contributed by atoms with Gasteiger partial charge in [0.05, 0.1) is 11.1 Å². The molecule has 0 aliphatic rings. The third-order valence-electron chi connectivity index (χ3n) is 1.84. The number of phenolic OH excluding ortho intramolecular Hbond substituents is 1. The lowest BCUT2D eigenvalue weighted by molar-refractivity contribution is -0.116. The van der Waals surface area contributed by atoms with Crippen LogP contribution >= 0.6 is 15.9 Å². The summed E-state index contributed by atoms with van der Waals surface area (Å²) in [5.74, 6) is 0.558. The smallest absolute Gasteiger partial charge is 0.172 e. The van der Waals surface area contributed by atoms with E-state index in [4.69, 9.17) is 4.74 Å². The van der Waals surface area contributed by atoms with Gasteiger partial charge in [-0.1, -0.05) is 0 Å². The molecule has 1 rings (SSSR count). The van der Waals surface area contributed by atoms with Crippen molar-refractivity contribution in [2.75, 3.05) is 6.61 Å². The van der Waals surface area contributed by atoms with E-state index in [0.717, 1.165) is 5.56 Å². The number of hydrogen-bond donors (Lipinski definition) is 1. The van der Waals surface area contributed by atoms with Gasteiger partial charge in [-0.3, -0.25) is 4.79 Å². The fraction of sp³-hybridized carbons (Fsp3) is 0.364. The van der Waals surface area contributed by atoms with Gasteiger partial charge in [-0.2, -0.15) is 0 Å². The third-order valence-corrected chi connectivity index (χ3v) is 2.45. The highest BCUT2D eigenvalue weighted by Gasteiger charge is 2.09. The van der Waals surface area contributed by atoms with Crippen molar-refractivity contribution in [2.45, 2.75) is 20.3 Å². The van der Waals surface area contributed by atoms with Crippen LogP contribution in [-0.4, -0.2) is 17.5 Å². The number of phenols is 1. The Morgan fingerprint density at radius 2 is 2.20 bits per heavy atom. The van der Waals surface area contributed by atoms with Crippen LogP contribution in [0.5, 0.6) is 11.5 Å². The SMILES string of the molecule is CCOc1cc(CC(C)=O)cc(Br)c1O. The zero-order chi connectivity index (χ0) is 11.4. The lowest BCUT2D eigenvalue weighted by Gasteiger charge is -2.09. The summed E-state index contributed by atoms with van der Waals surface area (Å²) in [7, 11) is 0. The van der Waals surface area contributed by atoms with Crippen LogP contribution in [0.15, 0.2) is 16.6 Å². The zero-order valence-electron chi connectivity index (χ0n) is 8.71. The van der Waals surface area contributed by atoms with Crippen molar-refractivity contribution in [3.63, 3.8) is 0 Å². The first-order chi connectivity index (χ1) is 7.04. The van der Waals surface area contributed by atoms with E-state index in [-0.39, 0.29) is 11.5 Å². The number of carbonyl (C=O) groups excluding carboxylic acids is 1. The summed E-state index contributed by atoms with van der Waals surface area (Å²) in [5, 5.41) is 9.63. The molecule has 0 aliphatic carbocycles. The van der Waals surface area contributed by atoms with Gasteiger partial charge in [-0.05, 0) is 47.5 Å². The standard InChI is InChI=1S/C11H13BrO3/c1-3-15-10-6-8(4-7(2)13)5-9(12)11(10)14/h5-6,14H,3-4H2,1-2H3. The van der Waals surface area contributed by atoms with E-state index in [1.807, 2.05) is 6.92 Å². The summed E-state index contributed by atoms with van der Waals surface area (Å²) < 4.78 is 5.79. The highest BCUT2D eigenvalue weighted by Crippen LogP contribution is 2.35. The van der Waals surface area contributed by atoms with Gasteiger partial charge in [0.15, 0.2) is 11.5 Å². The largest absolute Gasteiger partial charge is 0.503 e. The number of carbonyl (C=O) groups is 1. The van der Waals surface area contributed by atoms with Gasteiger partial charge in [-0.15, -0.1) is 0 Å². The molecule has 0 atom stereocenters. The number of rotatable bonds is 4. The lowest BCUT2D eigenvalue weighted by Crippen LogP contribution is -1.98. The van der Waals surface area contributed by atoms with Crippen LogP contribution in [0, 0.1) is 0 Å². The molecule has 0 unspecified atom stereocenters. The number of benzene rings is 1. The Kier molecular flexibility index (Phi) is 4.15. The van der Waals surface area contributed by atoms with E-state index in [0.29, 0.717) is 23.2 Å². The Morgan fingerprint density at radius 3 is 2.73 bits per heavy atom. The number of ketones is 1. The molecule has 0 amide bonds. The molecule has 0 radical (unpaired) electrons. The van der Waals surface area contributed by atoms with Crippen molar-refractivity contribution in [1.29, 1.82) is 0 Å². The Hall–Kier alpha value is -1.03. The second-order valence-electron chi connectivity index (χ2n) is 3.24. The van der Waals surface area contributed by atoms with Gasteiger partial charge in [0, 0.05) is 6.42 Å². The number of hydrogen-bond acceptors (Lipinski definition) is 3. The summed E-state index contributed by atoms with van der Waals surface area (Å²) in [6, 6.07) is 3.41. The Morgan fingerprint density at radius 1 is 1.53 bits per heavy atom. The van der Waals surface area contributed by atoms with E-state index < -0.39 is 0 Å². The van der Waals surface area contributed by atoms with Gasteiger partial charge in [0.2, 0.25) is 0 Å². The highest BCUT2D eigenvalue weighted by molar-refractivity contribution is 9.10. The molecule has 82 valence electrons. The predicted octanol–water partition coefficient (Wildman–Crippen LogP) is 2.68. The molecule has 0 saturated carbocycles. The molecule has 0 fully saturated rings. The monoisotopic (exact) mass is 272 g/mol. The van der Waals surface area contributed by atoms with E-state index in [1.54, 1.807) is 12.1 Å². The second-order valence-corrected chi connectivity index (χ2v) is 4.09. The highest BCUT2D eigenvalue weighted by atomic mass is 79.9. The van der Waals surface area contributed by atoms with Crippen LogP contribution < -0.4 is 4.74 Å². The number of halogens is 1. The molecular weight excluding hydrogens is 260 g/mol. The first-order valence-electron chi connectivity index (χ1n) is 4.68. The van der Waals surface area contributed by atoms with Crippen LogP contribution in [0.2, 0.25) is 0 Å². The predicted molar refractivity (Wildman–Crippen MR) is 61.4 cm³/mol. The summed E-state index contributed by atoms with van der Waals surface area (Å²) in [6.07, 6.45) is 0.346. The molecule has 15 heavy (non-hydrogen) atoms. The fourth-order valence-electron chi connectivity index (χ4n) is 1.28. The van der Waals surface area contributed by atoms with Crippen molar-refractivity contribution in [3.05, 3.63) is 22.2 Å². The van der Waals surface area contributed by atoms with Gasteiger partial charge in [-0.25, -0.2) is 0 Å². The topological polar surface area (TPSA) is 46.5 Å². The summed E-state index contributed by atoms with van der Waals surface area (Å²) in [4.78, 5) is 11.0. The van der Waals surface area contributed by atoms with E-state index >= 15 is 0 Å². The minimum absolute atomic E-state index is 0.0733. The molecule has 0 spiro atoms. The minimum atomic E-state index is 0.0733. The van der Waals surface area contributed by atoms with E-state index in [9.17, 15) is 9.90 Å². The average Bonchev–Trinajstić information content (AvgIpc) is 2.12. The Bertz CT molecular complexity index is 374. The van der Waals surface area contributed by atoms with Crippen LogP contribution in [0.3, 0.4) is 0 Å². The molecule has 0 bridgehead atoms. The van der Waals surface area contributed by atoms with E-state index in [1.165, 1.54) is 6.92 Å². The zero-order valence-corrected chi connectivity index (χ0v) is 10.3. The molecular formula is C11H13BrO3. The van der Waals surface area contributed by atoms with Gasteiger partial charge in [0.1, 0.15) is 5.78 Å². The number of ether oxygens (including phenoxy) is 1. The fourth-order valence-corrected chi connectivity index (χ4v) is 1.77. The molecule has 0 aromatic heterocycles. The lowest BCUT2D eigenvalue weighted by atomic mass is 10.1. The average molecular weight is 273 g/mol. The summed E-state index contributed by atoms with van der Waals surface area (Å²) in [6.45, 7) is 3.84. The molecule has 1 aromatic carbocycles. The Labute approximate surface area is 97.2 Å². The van der Waals surface area contributed by atoms with Crippen molar-refractivity contribution >= 4 is 21.7 Å². The number of Topliss-reactive ketones (excluding diaryl/α,β-unsaturated/α-hetero) is 1. The molecule has 1 aromatic rings. The maximum atomic E-state index is 11.0. The second kappa shape index (κ2) is 5.16. The first-order valence-corrected chi connectivity index (χ1v) is 5.47. The van der Waals surface area contributed by atoms with Crippen molar-refractivity contribution < 1.29 is 14.6 Å². The van der Waals surface area contributed by atoms with Crippen molar-refractivity contribution in [3.8, 4) is 11.5 Å². The van der Waals surface area contributed by atoms with Crippen molar-refractivity contribution in [2.24, 2.45) is 0 Å². The quantitative estimate of drug-likeness (QED) is 0.917. The third kappa shape index (κ3) is 3.23. The molecule has 0 aliphatic heterocycles. The maximum Gasteiger partial charge on any atom is 0.172 e. The maximum absolute atomic E-state index is 11.0. The summed E-state index contributed by atoms with van der Waals surface area (Å²) >= 11 is 3.22. The van der Waals surface area contributed by atoms with Gasteiger partial charge in [0.25, 0.3) is 0 Å². The normalized spacial score (nSPS) is 10.1.